The number of ether oxygens (including phenoxy) is 2. The number of rotatable bonds is 4. The molecule has 1 N–H and O–H groups in total. The molecule has 92 valence electrons. The second-order valence-corrected chi connectivity index (χ2v) is 3.13. The summed E-state index contributed by atoms with van der Waals surface area (Å²) in [5.74, 6) is -1.55. The highest BCUT2D eigenvalue weighted by Gasteiger charge is 2.10. The standard InChI is InChI=1S/C12H13FO4/c1-3-17-12(15)7-11(14)9-5-4-8(16-2)6-10(9)13/h4-7,14H,3H2,1-2H3. The fraction of sp³-hybridized carbons (Fsp3) is 0.250. The number of benzene rings is 1. The lowest BCUT2D eigenvalue weighted by molar-refractivity contribution is -0.137. The SMILES string of the molecule is CCOC(=O)C=C(O)c1ccc(OC)cc1F. The minimum atomic E-state index is -0.722. The number of carbonyl (C=O) groups is 1. The molecule has 0 aliphatic carbocycles. The van der Waals surface area contributed by atoms with E-state index in [-0.39, 0.29) is 12.2 Å². The average Bonchev–Trinajstić information content (AvgIpc) is 2.28. The van der Waals surface area contributed by atoms with Gasteiger partial charge >= 0.3 is 5.97 Å². The van der Waals surface area contributed by atoms with Crippen molar-refractivity contribution in [3.05, 3.63) is 35.7 Å². The van der Waals surface area contributed by atoms with Crippen LogP contribution in [0.1, 0.15) is 12.5 Å². The van der Waals surface area contributed by atoms with Crippen LogP contribution in [0, 0.1) is 5.82 Å². The van der Waals surface area contributed by atoms with Gasteiger partial charge in [-0.05, 0) is 19.1 Å². The smallest absolute Gasteiger partial charge is 0.334 e. The number of aliphatic hydroxyl groups excluding tert-OH is 1. The zero-order valence-corrected chi connectivity index (χ0v) is 9.57. The third-order valence-electron chi connectivity index (χ3n) is 1.99. The predicted molar refractivity (Wildman–Crippen MR) is 60.2 cm³/mol. The molecule has 0 heterocycles. The molecule has 0 unspecified atom stereocenters. The van der Waals surface area contributed by atoms with Crippen molar-refractivity contribution in [2.45, 2.75) is 6.92 Å². The number of hydrogen-bond donors (Lipinski definition) is 1. The Labute approximate surface area is 98.3 Å². The Morgan fingerprint density at radius 2 is 2.24 bits per heavy atom. The third-order valence-corrected chi connectivity index (χ3v) is 1.99. The van der Waals surface area contributed by atoms with E-state index >= 15 is 0 Å². The van der Waals surface area contributed by atoms with Crippen LogP contribution in [-0.2, 0) is 9.53 Å². The minimum Gasteiger partial charge on any atom is -0.507 e. The van der Waals surface area contributed by atoms with Crippen molar-refractivity contribution in [3.63, 3.8) is 0 Å². The third kappa shape index (κ3) is 3.48. The van der Waals surface area contributed by atoms with Crippen molar-refractivity contribution in [1.82, 2.24) is 0 Å². The Morgan fingerprint density at radius 1 is 1.53 bits per heavy atom. The maximum absolute atomic E-state index is 13.5. The summed E-state index contributed by atoms with van der Waals surface area (Å²) in [6, 6.07) is 3.91. The second-order valence-electron chi connectivity index (χ2n) is 3.13. The lowest BCUT2D eigenvalue weighted by Gasteiger charge is -2.05. The molecule has 0 aromatic heterocycles. The summed E-state index contributed by atoms with van der Waals surface area (Å²) >= 11 is 0. The molecule has 0 atom stereocenters. The van der Waals surface area contributed by atoms with Gasteiger partial charge < -0.3 is 14.6 Å². The fourth-order valence-corrected chi connectivity index (χ4v) is 1.20. The molecule has 0 radical (unpaired) electrons. The molecule has 17 heavy (non-hydrogen) atoms. The number of esters is 1. The van der Waals surface area contributed by atoms with Gasteiger partial charge in [-0.15, -0.1) is 0 Å². The minimum absolute atomic E-state index is 0.0844. The molecule has 0 bridgehead atoms. The highest BCUT2D eigenvalue weighted by Crippen LogP contribution is 2.21. The van der Waals surface area contributed by atoms with Gasteiger partial charge in [0.1, 0.15) is 17.3 Å². The second kappa shape index (κ2) is 5.89. The van der Waals surface area contributed by atoms with Crippen LogP contribution in [0.3, 0.4) is 0 Å². The number of hydrogen-bond acceptors (Lipinski definition) is 4. The van der Waals surface area contributed by atoms with E-state index in [9.17, 15) is 14.3 Å². The largest absolute Gasteiger partial charge is 0.507 e. The van der Waals surface area contributed by atoms with Crippen molar-refractivity contribution in [1.29, 1.82) is 0 Å². The van der Waals surface area contributed by atoms with Gasteiger partial charge in [-0.2, -0.15) is 0 Å². The first kappa shape index (κ1) is 13.0. The van der Waals surface area contributed by atoms with Crippen LogP contribution < -0.4 is 4.74 Å². The molecule has 0 spiro atoms. The maximum atomic E-state index is 13.5. The van der Waals surface area contributed by atoms with Gasteiger partial charge in [-0.3, -0.25) is 0 Å². The lowest BCUT2D eigenvalue weighted by atomic mass is 10.1. The van der Waals surface area contributed by atoms with Gasteiger partial charge in [0.25, 0.3) is 0 Å². The average molecular weight is 240 g/mol. The van der Waals surface area contributed by atoms with Gasteiger partial charge in [0.15, 0.2) is 0 Å². The Bertz CT molecular complexity index is 440. The molecule has 1 rings (SSSR count). The molecule has 5 heteroatoms. The van der Waals surface area contributed by atoms with Crippen molar-refractivity contribution in [2.75, 3.05) is 13.7 Å². The fourth-order valence-electron chi connectivity index (χ4n) is 1.20. The number of carbonyl (C=O) groups excluding carboxylic acids is 1. The summed E-state index contributed by atoms with van der Waals surface area (Å²) in [7, 11) is 1.41. The molecule has 1 aromatic rings. The van der Waals surface area contributed by atoms with Gasteiger partial charge in [0.2, 0.25) is 0 Å². The normalized spacial score (nSPS) is 11.1. The van der Waals surface area contributed by atoms with E-state index in [1.165, 1.54) is 19.2 Å². The van der Waals surface area contributed by atoms with Crippen LogP contribution in [0.25, 0.3) is 5.76 Å². The molecule has 0 amide bonds. The number of aliphatic hydroxyl groups is 1. The molecule has 1 aromatic carbocycles. The zero-order chi connectivity index (χ0) is 12.8. The van der Waals surface area contributed by atoms with Gasteiger partial charge in [-0.1, -0.05) is 0 Å². The Balaban J connectivity index is 2.96. The molecule has 0 fully saturated rings. The van der Waals surface area contributed by atoms with E-state index < -0.39 is 17.5 Å². The quantitative estimate of drug-likeness (QED) is 0.498. The Hall–Kier alpha value is -2.04. The molecule has 0 saturated carbocycles. The Morgan fingerprint density at radius 3 is 2.76 bits per heavy atom. The van der Waals surface area contributed by atoms with Crippen LogP contribution in [0.2, 0.25) is 0 Å². The highest BCUT2D eigenvalue weighted by atomic mass is 19.1. The van der Waals surface area contributed by atoms with Crippen LogP contribution in [0.15, 0.2) is 24.3 Å². The zero-order valence-electron chi connectivity index (χ0n) is 9.57. The van der Waals surface area contributed by atoms with E-state index in [4.69, 9.17) is 4.74 Å². The molecular weight excluding hydrogens is 227 g/mol. The summed E-state index contributed by atoms with van der Waals surface area (Å²) in [5, 5.41) is 9.54. The first-order chi connectivity index (χ1) is 8.08. The summed E-state index contributed by atoms with van der Waals surface area (Å²) in [6.07, 6.45) is 0.828. The molecule has 0 aliphatic heterocycles. The molecule has 4 nitrogen and oxygen atoms in total. The first-order valence-corrected chi connectivity index (χ1v) is 4.99. The number of methoxy groups -OCH3 is 1. The van der Waals surface area contributed by atoms with E-state index in [0.29, 0.717) is 5.75 Å². The van der Waals surface area contributed by atoms with E-state index in [1.807, 2.05) is 0 Å². The summed E-state index contributed by atoms with van der Waals surface area (Å²) < 4.78 is 22.9. The van der Waals surface area contributed by atoms with Crippen LogP contribution in [0.4, 0.5) is 4.39 Å². The molecule has 0 saturated heterocycles. The van der Waals surface area contributed by atoms with Gasteiger partial charge in [0.05, 0.1) is 25.4 Å². The van der Waals surface area contributed by atoms with Crippen molar-refractivity contribution < 1.29 is 23.8 Å². The summed E-state index contributed by atoms with van der Waals surface area (Å²) in [5.41, 5.74) is -0.0844. The predicted octanol–water partition coefficient (Wildman–Crippen LogP) is 2.30. The highest BCUT2D eigenvalue weighted by molar-refractivity contribution is 5.89. The summed E-state index contributed by atoms with van der Waals surface area (Å²) in [6.45, 7) is 1.82. The van der Waals surface area contributed by atoms with Crippen LogP contribution in [0.5, 0.6) is 5.75 Å². The van der Waals surface area contributed by atoms with Crippen molar-refractivity contribution in [3.8, 4) is 5.75 Å². The Kier molecular flexibility index (Phi) is 4.51. The van der Waals surface area contributed by atoms with Crippen molar-refractivity contribution >= 4 is 11.7 Å². The lowest BCUT2D eigenvalue weighted by Crippen LogP contribution is -2.01. The van der Waals surface area contributed by atoms with E-state index in [1.54, 1.807) is 6.92 Å². The van der Waals surface area contributed by atoms with E-state index in [0.717, 1.165) is 12.1 Å². The van der Waals surface area contributed by atoms with Crippen LogP contribution in [-0.4, -0.2) is 24.8 Å². The number of halogens is 1. The maximum Gasteiger partial charge on any atom is 0.334 e. The summed E-state index contributed by atoms with van der Waals surface area (Å²) in [4.78, 5) is 11.1. The molecular formula is C12H13FO4. The monoisotopic (exact) mass is 240 g/mol. The van der Waals surface area contributed by atoms with Crippen LogP contribution >= 0.6 is 0 Å². The van der Waals surface area contributed by atoms with Gasteiger partial charge in [-0.25, -0.2) is 9.18 Å². The molecule has 0 aliphatic rings. The van der Waals surface area contributed by atoms with E-state index in [2.05, 4.69) is 4.74 Å². The topological polar surface area (TPSA) is 55.8 Å². The van der Waals surface area contributed by atoms with Gasteiger partial charge in [0, 0.05) is 6.07 Å². The van der Waals surface area contributed by atoms with Crippen molar-refractivity contribution in [2.24, 2.45) is 0 Å². The first-order valence-electron chi connectivity index (χ1n) is 4.99.